The van der Waals surface area contributed by atoms with Gasteiger partial charge in [0.15, 0.2) is 5.96 Å². The van der Waals surface area contributed by atoms with E-state index < -0.39 is 0 Å². The Morgan fingerprint density at radius 2 is 1.76 bits per heavy atom. The quantitative estimate of drug-likeness (QED) is 0.302. The molecule has 0 radical (unpaired) electrons. The van der Waals surface area contributed by atoms with Gasteiger partial charge in [-0.15, -0.1) is 24.0 Å². The van der Waals surface area contributed by atoms with Crippen molar-refractivity contribution in [3.63, 3.8) is 0 Å². The second-order valence-corrected chi connectivity index (χ2v) is 7.58. The molecule has 0 amide bonds. The van der Waals surface area contributed by atoms with Gasteiger partial charge >= 0.3 is 0 Å². The highest BCUT2D eigenvalue weighted by Gasteiger charge is 2.14. The summed E-state index contributed by atoms with van der Waals surface area (Å²) in [4.78, 5) is 8.85. The number of para-hydroxylation sites is 2. The predicted octanol–water partition coefficient (Wildman–Crippen LogP) is 4.70. The monoisotopic (exact) mass is 503 g/mol. The number of aromatic nitrogens is 2. The first-order chi connectivity index (χ1) is 13.8. The van der Waals surface area contributed by atoms with Gasteiger partial charge < -0.3 is 15.2 Å². The fourth-order valence-electron chi connectivity index (χ4n) is 3.92. The van der Waals surface area contributed by atoms with Crippen LogP contribution in [0.2, 0.25) is 0 Å². The zero-order valence-electron chi connectivity index (χ0n) is 17.0. The van der Waals surface area contributed by atoms with Crippen molar-refractivity contribution in [2.75, 3.05) is 7.05 Å². The molecule has 2 aromatic carbocycles. The molecule has 0 bridgehead atoms. The third kappa shape index (κ3) is 5.72. The molecule has 0 aliphatic heterocycles. The van der Waals surface area contributed by atoms with Gasteiger partial charge in [-0.25, -0.2) is 4.98 Å². The predicted molar refractivity (Wildman–Crippen MR) is 131 cm³/mol. The van der Waals surface area contributed by atoms with Crippen LogP contribution in [0.4, 0.5) is 0 Å². The molecule has 6 heteroatoms. The summed E-state index contributed by atoms with van der Waals surface area (Å²) >= 11 is 0. The first-order valence-electron chi connectivity index (χ1n) is 10.3. The third-order valence-electron chi connectivity index (χ3n) is 5.53. The van der Waals surface area contributed by atoms with Gasteiger partial charge in [0.05, 0.1) is 17.4 Å². The summed E-state index contributed by atoms with van der Waals surface area (Å²) in [6.07, 6.45) is 8.42. The van der Waals surface area contributed by atoms with Crippen LogP contribution in [0.5, 0.6) is 0 Å². The van der Waals surface area contributed by atoms with Crippen molar-refractivity contribution in [1.82, 2.24) is 20.2 Å². The van der Waals surface area contributed by atoms with Crippen LogP contribution >= 0.6 is 24.0 Å². The highest BCUT2D eigenvalue weighted by atomic mass is 127. The second-order valence-electron chi connectivity index (χ2n) is 7.58. The summed E-state index contributed by atoms with van der Waals surface area (Å²) in [7, 11) is 1.84. The van der Waals surface area contributed by atoms with E-state index in [0.717, 1.165) is 24.6 Å². The van der Waals surface area contributed by atoms with Crippen molar-refractivity contribution in [3.05, 3.63) is 66.0 Å². The van der Waals surface area contributed by atoms with Crippen LogP contribution < -0.4 is 10.6 Å². The van der Waals surface area contributed by atoms with Crippen LogP contribution in [-0.4, -0.2) is 28.6 Å². The minimum Gasteiger partial charge on any atom is -0.354 e. The molecule has 5 nitrogen and oxygen atoms in total. The van der Waals surface area contributed by atoms with Gasteiger partial charge in [0.25, 0.3) is 0 Å². The molecule has 1 aromatic heterocycles. The summed E-state index contributed by atoms with van der Waals surface area (Å²) < 4.78 is 2.19. The fraction of sp³-hybridized carbons (Fsp3) is 0.391. The molecular weight excluding hydrogens is 473 g/mol. The molecule has 0 unspecified atom stereocenters. The number of guanidine groups is 1. The smallest absolute Gasteiger partial charge is 0.191 e. The summed E-state index contributed by atoms with van der Waals surface area (Å²) in [5, 5.41) is 7.01. The van der Waals surface area contributed by atoms with E-state index >= 15 is 0 Å². The van der Waals surface area contributed by atoms with Crippen molar-refractivity contribution >= 4 is 41.0 Å². The summed E-state index contributed by atoms with van der Waals surface area (Å²) in [6.45, 7) is 1.61. The lowest BCUT2D eigenvalue weighted by molar-refractivity contribution is 0.410. The Balaban J connectivity index is 0.00000240. The number of hydrogen-bond donors (Lipinski definition) is 2. The molecule has 0 atom stereocenters. The molecule has 1 aliphatic rings. The van der Waals surface area contributed by atoms with Crippen LogP contribution in [0, 0.1) is 0 Å². The standard InChI is InChI=1S/C23H29N5.HI/c1-24-23(27-20-7-3-2-4-8-20)25-15-18-11-13-19(14-12-18)16-28-17-26-21-9-5-6-10-22(21)28;/h5-6,9-14,17,20H,2-4,7-8,15-16H2,1H3,(H2,24,25,27);1H. The maximum Gasteiger partial charge on any atom is 0.191 e. The van der Waals surface area contributed by atoms with E-state index in [-0.39, 0.29) is 24.0 Å². The van der Waals surface area contributed by atoms with Crippen LogP contribution in [-0.2, 0) is 13.1 Å². The Hall–Kier alpha value is -2.09. The van der Waals surface area contributed by atoms with Gasteiger partial charge in [-0.2, -0.15) is 0 Å². The van der Waals surface area contributed by atoms with Crippen LogP contribution in [0.3, 0.4) is 0 Å². The molecule has 1 heterocycles. The number of hydrogen-bond acceptors (Lipinski definition) is 2. The Bertz CT molecular complexity index is 926. The number of nitrogens with zero attached hydrogens (tertiary/aromatic N) is 3. The van der Waals surface area contributed by atoms with Crippen molar-refractivity contribution < 1.29 is 0 Å². The third-order valence-corrected chi connectivity index (χ3v) is 5.53. The fourth-order valence-corrected chi connectivity index (χ4v) is 3.92. The first kappa shape index (κ1) is 21.6. The number of nitrogens with one attached hydrogen (secondary N) is 2. The van der Waals surface area contributed by atoms with E-state index in [4.69, 9.17) is 0 Å². The molecule has 0 saturated heterocycles. The highest BCUT2D eigenvalue weighted by Crippen LogP contribution is 2.17. The van der Waals surface area contributed by atoms with Crippen molar-refractivity contribution in [2.45, 2.75) is 51.2 Å². The minimum atomic E-state index is 0. The van der Waals surface area contributed by atoms with Gasteiger partial charge in [0.1, 0.15) is 0 Å². The maximum absolute atomic E-state index is 4.47. The van der Waals surface area contributed by atoms with E-state index in [9.17, 15) is 0 Å². The lowest BCUT2D eigenvalue weighted by Crippen LogP contribution is -2.43. The molecule has 0 spiro atoms. The molecule has 154 valence electrons. The van der Waals surface area contributed by atoms with Gasteiger partial charge in [-0.1, -0.05) is 55.7 Å². The highest BCUT2D eigenvalue weighted by molar-refractivity contribution is 14.0. The van der Waals surface area contributed by atoms with E-state index in [0.29, 0.717) is 6.04 Å². The van der Waals surface area contributed by atoms with Gasteiger partial charge in [0.2, 0.25) is 0 Å². The van der Waals surface area contributed by atoms with Gasteiger partial charge in [-0.3, -0.25) is 4.99 Å². The van der Waals surface area contributed by atoms with Crippen molar-refractivity contribution in [2.24, 2.45) is 4.99 Å². The van der Waals surface area contributed by atoms with Crippen molar-refractivity contribution in [1.29, 1.82) is 0 Å². The molecular formula is C23H30IN5. The van der Waals surface area contributed by atoms with Crippen LogP contribution in [0.25, 0.3) is 11.0 Å². The molecule has 2 N–H and O–H groups in total. The van der Waals surface area contributed by atoms with Gasteiger partial charge in [0, 0.05) is 26.2 Å². The first-order valence-corrected chi connectivity index (χ1v) is 10.3. The number of aliphatic imine (C=N–C) groups is 1. The lowest BCUT2D eigenvalue weighted by atomic mass is 9.96. The summed E-state index contributed by atoms with van der Waals surface area (Å²) in [5.74, 6) is 0.904. The topological polar surface area (TPSA) is 54.2 Å². The Morgan fingerprint density at radius 1 is 1.03 bits per heavy atom. The molecule has 29 heavy (non-hydrogen) atoms. The molecule has 1 aliphatic carbocycles. The average molecular weight is 503 g/mol. The largest absolute Gasteiger partial charge is 0.354 e. The number of benzene rings is 2. The zero-order chi connectivity index (χ0) is 19.2. The minimum absolute atomic E-state index is 0. The average Bonchev–Trinajstić information content (AvgIpc) is 3.16. The number of fused-ring (bicyclic) bond motifs is 1. The van der Waals surface area contributed by atoms with E-state index in [1.54, 1.807) is 0 Å². The van der Waals surface area contributed by atoms with E-state index in [1.807, 2.05) is 19.4 Å². The van der Waals surface area contributed by atoms with Crippen LogP contribution in [0.15, 0.2) is 59.9 Å². The number of imidazole rings is 1. The van der Waals surface area contributed by atoms with E-state index in [2.05, 4.69) is 67.6 Å². The SMILES string of the molecule is CN=C(NCc1ccc(Cn2cnc3ccccc32)cc1)NC1CCCCC1.I. The van der Waals surface area contributed by atoms with Crippen molar-refractivity contribution in [3.8, 4) is 0 Å². The summed E-state index contributed by atoms with van der Waals surface area (Å²) in [5.41, 5.74) is 4.74. The molecule has 1 fully saturated rings. The number of rotatable bonds is 5. The summed E-state index contributed by atoms with van der Waals surface area (Å²) in [6, 6.07) is 17.6. The molecule has 1 saturated carbocycles. The Morgan fingerprint density at radius 3 is 2.52 bits per heavy atom. The Kier molecular flexibility index (Phi) is 7.91. The van der Waals surface area contributed by atoms with Gasteiger partial charge in [-0.05, 0) is 36.1 Å². The Labute approximate surface area is 190 Å². The van der Waals surface area contributed by atoms with Crippen LogP contribution in [0.1, 0.15) is 43.2 Å². The second kappa shape index (κ2) is 10.6. The molecule has 4 rings (SSSR count). The molecule has 3 aromatic rings. The zero-order valence-corrected chi connectivity index (χ0v) is 19.3. The lowest BCUT2D eigenvalue weighted by Gasteiger charge is -2.24. The van der Waals surface area contributed by atoms with E-state index in [1.165, 1.54) is 48.7 Å². The number of halogens is 1. The maximum atomic E-state index is 4.47. The normalized spacial score (nSPS) is 15.1.